The van der Waals surface area contributed by atoms with Crippen LogP contribution in [0.1, 0.15) is 119 Å². The first-order valence-electron chi connectivity index (χ1n) is 15.1. The zero-order valence-corrected chi connectivity index (χ0v) is 26.3. The number of alkyl halides is 1. The molecule has 0 bridgehead atoms. The Morgan fingerprint density at radius 3 is 2.17 bits per heavy atom. The fourth-order valence-corrected chi connectivity index (χ4v) is 7.70. The molecule has 222 valence electrons. The van der Waals surface area contributed by atoms with Gasteiger partial charge in [-0.2, -0.15) is 0 Å². The van der Waals surface area contributed by atoms with Gasteiger partial charge in [-0.05, 0) is 85.5 Å². The van der Waals surface area contributed by atoms with Gasteiger partial charge in [0.05, 0.1) is 11.8 Å². The van der Waals surface area contributed by atoms with Crippen molar-refractivity contribution in [1.29, 1.82) is 0 Å². The van der Waals surface area contributed by atoms with Crippen LogP contribution in [-0.2, 0) is 10.8 Å². The van der Waals surface area contributed by atoms with Crippen molar-refractivity contribution in [3.05, 3.63) is 88.0 Å². The van der Waals surface area contributed by atoms with E-state index in [1.165, 1.54) is 12.1 Å². The standard InChI is InChI=1S/C35H45F2NOSi.CH4/c1-22(2)40(6,7)39-29-21-35(4,5)20-28-31(29)30(24-16-18-27(36)19-17-24)32(34(38-28)26-10-8-9-11-26)33(37)25-14-12-23(3)13-15-25;/h12-19,22,26,29,33H,8-11,20-21H2,1-7H3;1H4. The van der Waals surface area contributed by atoms with Crippen LogP contribution in [0.5, 0.6) is 0 Å². The summed E-state index contributed by atoms with van der Waals surface area (Å²) in [6, 6.07) is 14.4. The van der Waals surface area contributed by atoms with Crippen molar-refractivity contribution in [2.75, 3.05) is 0 Å². The highest BCUT2D eigenvalue weighted by atomic mass is 28.4. The lowest BCUT2D eigenvalue weighted by Crippen LogP contribution is -2.39. The van der Waals surface area contributed by atoms with Crippen LogP contribution in [-0.4, -0.2) is 13.3 Å². The smallest absolute Gasteiger partial charge is 0.190 e. The largest absolute Gasteiger partial charge is 0.410 e. The van der Waals surface area contributed by atoms with Crippen molar-refractivity contribution >= 4 is 8.32 Å². The molecule has 2 nitrogen and oxygen atoms in total. The molecule has 0 aliphatic heterocycles. The molecule has 0 saturated heterocycles. The highest BCUT2D eigenvalue weighted by Gasteiger charge is 2.42. The summed E-state index contributed by atoms with van der Waals surface area (Å²) in [4.78, 5) is 5.41. The topological polar surface area (TPSA) is 22.1 Å². The Hall–Kier alpha value is -2.37. The summed E-state index contributed by atoms with van der Waals surface area (Å²) in [6.45, 7) is 15.7. The highest BCUT2D eigenvalue weighted by Crippen LogP contribution is 2.52. The van der Waals surface area contributed by atoms with Crippen LogP contribution in [0.15, 0.2) is 48.5 Å². The van der Waals surface area contributed by atoms with E-state index >= 15 is 4.39 Å². The molecule has 1 aromatic heterocycles. The Labute approximate surface area is 248 Å². The number of benzene rings is 2. The van der Waals surface area contributed by atoms with Gasteiger partial charge in [-0.1, -0.05) is 89.9 Å². The number of halogens is 2. The van der Waals surface area contributed by atoms with Crippen molar-refractivity contribution in [2.45, 2.75) is 117 Å². The Morgan fingerprint density at radius 2 is 1.59 bits per heavy atom. The number of pyridine rings is 1. The molecule has 2 unspecified atom stereocenters. The summed E-state index contributed by atoms with van der Waals surface area (Å²) in [6.07, 6.45) is 4.49. The second-order valence-electron chi connectivity index (χ2n) is 13.8. The van der Waals surface area contributed by atoms with E-state index in [-0.39, 0.29) is 30.7 Å². The lowest BCUT2D eigenvalue weighted by Gasteiger charge is -2.43. The predicted octanol–water partition coefficient (Wildman–Crippen LogP) is 11.2. The Balaban J connectivity index is 0.00000387. The maximum Gasteiger partial charge on any atom is 0.190 e. The summed E-state index contributed by atoms with van der Waals surface area (Å²) in [5, 5.41) is 0. The lowest BCUT2D eigenvalue weighted by atomic mass is 9.71. The van der Waals surface area contributed by atoms with Gasteiger partial charge in [-0.25, -0.2) is 8.78 Å². The Kier molecular flexibility index (Phi) is 9.30. The van der Waals surface area contributed by atoms with E-state index in [1.54, 1.807) is 0 Å². The normalized spacial score (nSPS) is 19.6. The second-order valence-corrected chi connectivity index (χ2v) is 18.4. The van der Waals surface area contributed by atoms with Crippen LogP contribution in [0, 0.1) is 18.2 Å². The molecule has 2 aliphatic carbocycles. The first-order valence-corrected chi connectivity index (χ1v) is 18.1. The number of hydrogen-bond acceptors (Lipinski definition) is 2. The highest BCUT2D eigenvalue weighted by molar-refractivity contribution is 6.72. The Bertz CT molecular complexity index is 1340. The van der Waals surface area contributed by atoms with E-state index in [1.807, 2.05) is 43.3 Å². The van der Waals surface area contributed by atoms with Crippen molar-refractivity contribution < 1.29 is 13.2 Å². The van der Waals surface area contributed by atoms with Crippen LogP contribution in [0.2, 0.25) is 18.6 Å². The van der Waals surface area contributed by atoms with E-state index in [2.05, 4.69) is 40.8 Å². The van der Waals surface area contributed by atoms with Gasteiger partial charge in [-0.3, -0.25) is 4.98 Å². The lowest BCUT2D eigenvalue weighted by molar-refractivity contribution is 0.110. The van der Waals surface area contributed by atoms with E-state index in [0.717, 1.165) is 72.2 Å². The van der Waals surface area contributed by atoms with Gasteiger partial charge in [-0.15, -0.1) is 0 Å². The summed E-state index contributed by atoms with van der Waals surface area (Å²) in [5.41, 5.74) is 7.55. The zero-order chi connectivity index (χ0) is 28.8. The summed E-state index contributed by atoms with van der Waals surface area (Å²) < 4.78 is 38.4. The molecule has 2 atom stereocenters. The summed E-state index contributed by atoms with van der Waals surface area (Å²) in [5.74, 6) is -0.0593. The van der Waals surface area contributed by atoms with Gasteiger partial charge in [0.2, 0.25) is 0 Å². The fourth-order valence-electron chi connectivity index (χ4n) is 6.49. The molecule has 0 N–H and O–H groups in total. The quantitative estimate of drug-likeness (QED) is 0.261. The molecule has 1 fully saturated rings. The summed E-state index contributed by atoms with van der Waals surface area (Å²) >= 11 is 0. The number of rotatable bonds is 7. The van der Waals surface area contributed by atoms with Crippen LogP contribution in [0.25, 0.3) is 11.1 Å². The average molecular weight is 578 g/mol. The molecule has 5 heteroatoms. The predicted molar refractivity (Wildman–Crippen MR) is 170 cm³/mol. The number of nitrogens with zero attached hydrogens (tertiary/aromatic N) is 1. The molecule has 3 aromatic rings. The molecule has 5 rings (SSSR count). The molecular weight excluding hydrogens is 528 g/mol. The first-order chi connectivity index (χ1) is 18.9. The number of aromatic nitrogens is 1. The summed E-state index contributed by atoms with van der Waals surface area (Å²) in [7, 11) is -2.07. The van der Waals surface area contributed by atoms with Crippen LogP contribution < -0.4 is 0 Å². The van der Waals surface area contributed by atoms with Gasteiger partial charge in [0.25, 0.3) is 0 Å². The second kappa shape index (κ2) is 12.1. The van der Waals surface area contributed by atoms with E-state index in [4.69, 9.17) is 9.41 Å². The van der Waals surface area contributed by atoms with Gasteiger partial charge in [0.1, 0.15) is 5.82 Å². The first kappa shape index (κ1) is 31.6. The third-order valence-electron chi connectivity index (χ3n) is 9.42. The van der Waals surface area contributed by atoms with E-state index in [0.29, 0.717) is 16.7 Å². The third-order valence-corrected chi connectivity index (χ3v) is 13.1. The van der Waals surface area contributed by atoms with Gasteiger partial charge in [0, 0.05) is 22.7 Å². The van der Waals surface area contributed by atoms with Crippen LogP contribution >= 0.6 is 0 Å². The number of aryl methyl sites for hydroxylation is 1. The van der Waals surface area contributed by atoms with Crippen molar-refractivity contribution in [3.8, 4) is 11.1 Å². The van der Waals surface area contributed by atoms with Gasteiger partial charge >= 0.3 is 0 Å². The van der Waals surface area contributed by atoms with Gasteiger partial charge < -0.3 is 4.43 Å². The van der Waals surface area contributed by atoms with Crippen molar-refractivity contribution in [2.24, 2.45) is 5.41 Å². The number of fused-ring (bicyclic) bond motifs is 1. The van der Waals surface area contributed by atoms with Gasteiger partial charge in [0.15, 0.2) is 14.5 Å². The van der Waals surface area contributed by atoms with E-state index < -0.39 is 14.5 Å². The van der Waals surface area contributed by atoms with Crippen molar-refractivity contribution in [3.63, 3.8) is 0 Å². The molecule has 2 aliphatic rings. The minimum atomic E-state index is -2.07. The van der Waals surface area contributed by atoms with Crippen LogP contribution in [0.3, 0.4) is 0 Å². The SMILES string of the molecule is C.Cc1ccc(C(F)c2c(C3CCCC3)nc3c(c2-c2ccc(F)cc2)C(O[Si](C)(C)C(C)C)CC(C)(C)C3)cc1. The van der Waals surface area contributed by atoms with Crippen LogP contribution in [0.4, 0.5) is 8.78 Å². The average Bonchev–Trinajstić information content (AvgIpc) is 3.42. The molecule has 2 aromatic carbocycles. The Morgan fingerprint density at radius 1 is 0.976 bits per heavy atom. The zero-order valence-electron chi connectivity index (χ0n) is 25.3. The minimum absolute atomic E-state index is 0. The molecule has 0 radical (unpaired) electrons. The third kappa shape index (κ3) is 6.51. The molecule has 1 saturated carbocycles. The fraction of sp³-hybridized carbons (Fsp3) is 0.528. The monoisotopic (exact) mass is 577 g/mol. The van der Waals surface area contributed by atoms with Crippen molar-refractivity contribution in [1.82, 2.24) is 4.98 Å². The maximum absolute atomic E-state index is 17.1. The minimum Gasteiger partial charge on any atom is -0.410 e. The number of hydrogen-bond donors (Lipinski definition) is 0. The molecule has 41 heavy (non-hydrogen) atoms. The molecule has 0 spiro atoms. The van der Waals surface area contributed by atoms with E-state index in [9.17, 15) is 4.39 Å². The molecular formula is C36H49F2NOSi. The molecule has 1 heterocycles. The molecule has 0 amide bonds. The maximum atomic E-state index is 17.1.